The number of benzene rings is 1. The summed E-state index contributed by atoms with van der Waals surface area (Å²) in [4.78, 5) is 2.55. The number of nitrogens with zero attached hydrogens (tertiary/aromatic N) is 1. The van der Waals surface area contributed by atoms with Gasteiger partial charge < -0.3 is 5.11 Å². The number of piperidine rings is 1. The van der Waals surface area contributed by atoms with Gasteiger partial charge in [0.25, 0.3) is 0 Å². The average Bonchev–Trinajstić information content (AvgIpc) is 2.48. The molecule has 1 aliphatic carbocycles. The zero-order valence-corrected chi connectivity index (χ0v) is 12.6. The lowest BCUT2D eigenvalue weighted by Gasteiger charge is -2.41. The van der Waals surface area contributed by atoms with Gasteiger partial charge in [-0.2, -0.15) is 0 Å². The van der Waals surface area contributed by atoms with Crippen molar-refractivity contribution >= 4 is 0 Å². The van der Waals surface area contributed by atoms with Crippen molar-refractivity contribution in [2.75, 3.05) is 13.1 Å². The molecule has 2 fully saturated rings. The Kier molecular flexibility index (Phi) is 4.42. The van der Waals surface area contributed by atoms with Crippen molar-refractivity contribution in [2.24, 2.45) is 0 Å². The molecule has 2 atom stereocenters. The van der Waals surface area contributed by atoms with Gasteiger partial charge in [0.15, 0.2) is 0 Å². The van der Waals surface area contributed by atoms with Gasteiger partial charge in [-0.3, -0.25) is 4.90 Å². The van der Waals surface area contributed by atoms with Gasteiger partial charge in [-0.25, -0.2) is 0 Å². The molecule has 0 bridgehead atoms. The third-order valence-corrected chi connectivity index (χ3v) is 5.21. The summed E-state index contributed by atoms with van der Waals surface area (Å²) in [7, 11) is 0. The fourth-order valence-corrected chi connectivity index (χ4v) is 4.01. The maximum absolute atomic E-state index is 10.2. The lowest BCUT2D eigenvalue weighted by Crippen LogP contribution is -2.48. The molecule has 110 valence electrons. The van der Waals surface area contributed by atoms with Gasteiger partial charge in [0.05, 0.1) is 6.10 Å². The van der Waals surface area contributed by atoms with Crippen LogP contribution in [-0.2, 0) is 0 Å². The molecule has 0 spiro atoms. The van der Waals surface area contributed by atoms with Crippen molar-refractivity contribution in [2.45, 2.75) is 63.5 Å². The molecular formula is C18H27NO. The molecule has 1 aliphatic heterocycles. The highest BCUT2D eigenvalue weighted by atomic mass is 16.3. The maximum atomic E-state index is 10.2. The Hall–Kier alpha value is -0.860. The van der Waals surface area contributed by atoms with Gasteiger partial charge in [0.2, 0.25) is 0 Å². The van der Waals surface area contributed by atoms with E-state index in [2.05, 4.69) is 36.1 Å². The summed E-state index contributed by atoms with van der Waals surface area (Å²) in [6, 6.07) is 9.42. The molecule has 2 nitrogen and oxygen atoms in total. The Balaban J connectivity index is 1.59. The minimum Gasteiger partial charge on any atom is -0.391 e. The summed E-state index contributed by atoms with van der Waals surface area (Å²) in [5.41, 5.74) is 2.88. The first-order valence-electron chi connectivity index (χ1n) is 8.23. The van der Waals surface area contributed by atoms with Crippen LogP contribution in [0.5, 0.6) is 0 Å². The molecule has 2 aliphatic rings. The van der Waals surface area contributed by atoms with E-state index in [1.165, 1.54) is 43.2 Å². The summed E-state index contributed by atoms with van der Waals surface area (Å²) in [6.45, 7) is 4.48. The van der Waals surface area contributed by atoms with Gasteiger partial charge in [-0.05, 0) is 57.2 Å². The van der Waals surface area contributed by atoms with Gasteiger partial charge in [-0.15, -0.1) is 0 Å². The van der Waals surface area contributed by atoms with E-state index in [0.29, 0.717) is 12.0 Å². The molecule has 1 saturated heterocycles. The van der Waals surface area contributed by atoms with Gasteiger partial charge in [0, 0.05) is 6.04 Å². The zero-order chi connectivity index (χ0) is 13.9. The molecule has 0 amide bonds. The van der Waals surface area contributed by atoms with Crippen LogP contribution >= 0.6 is 0 Å². The average molecular weight is 273 g/mol. The smallest absolute Gasteiger partial charge is 0.0695 e. The molecule has 0 unspecified atom stereocenters. The summed E-state index contributed by atoms with van der Waals surface area (Å²) in [6.07, 6.45) is 7.09. The van der Waals surface area contributed by atoms with Crippen LogP contribution in [0.1, 0.15) is 55.6 Å². The van der Waals surface area contributed by atoms with E-state index in [-0.39, 0.29) is 6.10 Å². The van der Waals surface area contributed by atoms with Crippen LogP contribution in [0.25, 0.3) is 0 Å². The molecule has 2 heteroatoms. The van der Waals surface area contributed by atoms with Crippen LogP contribution in [0.4, 0.5) is 0 Å². The predicted molar refractivity (Wildman–Crippen MR) is 83.0 cm³/mol. The molecule has 1 saturated carbocycles. The summed E-state index contributed by atoms with van der Waals surface area (Å²) in [5.74, 6) is 0.715. The number of likely N-dealkylation sites (tertiary alicyclic amines) is 1. The SMILES string of the molecule is Cc1cccc(C2CCN([C@H]3CCCC[C@@H]3O)CC2)c1. The molecule has 1 heterocycles. The van der Waals surface area contributed by atoms with E-state index in [9.17, 15) is 5.11 Å². The molecule has 20 heavy (non-hydrogen) atoms. The summed E-state index contributed by atoms with van der Waals surface area (Å²) >= 11 is 0. The fraction of sp³-hybridized carbons (Fsp3) is 0.667. The molecule has 1 aromatic carbocycles. The first-order valence-corrected chi connectivity index (χ1v) is 8.23. The van der Waals surface area contributed by atoms with E-state index in [0.717, 1.165) is 19.5 Å². The van der Waals surface area contributed by atoms with Crippen molar-refractivity contribution in [3.05, 3.63) is 35.4 Å². The number of rotatable bonds is 2. The van der Waals surface area contributed by atoms with Gasteiger partial charge in [-0.1, -0.05) is 42.7 Å². The highest BCUT2D eigenvalue weighted by Gasteiger charge is 2.31. The topological polar surface area (TPSA) is 23.5 Å². The lowest BCUT2D eigenvalue weighted by molar-refractivity contribution is 0.00870. The number of hydrogen-bond donors (Lipinski definition) is 1. The summed E-state index contributed by atoms with van der Waals surface area (Å²) < 4.78 is 0. The van der Waals surface area contributed by atoms with E-state index in [1.807, 2.05) is 0 Å². The lowest BCUT2D eigenvalue weighted by atomic mass is 9.85. The first-order chi connectivity index (χ1) is 9.74. The van der Waals surface area contributed by atoms with Crippen molar-refractivity contribution in [3.63, 3.8) is 0 Å². The summed E-state index contributed by atoms with van der Waals surface area (Å²) in [5, 5.41) is 10.2. The highest BCUT2D eigenvalue weighted by molar-refractivity contribution is 5.25. The second kappa shape index (κ2) is 6.28. The normalized spacial score (nSPS) is 29.5. The van der Waals surface area contributed by atoms with Crippen LogP contribution in [-0.4, -0.2) is 35.2 Å². The van der Waals surface area contributed by atoms with Crippen LogP contribution in [0.2, 0.25) is 0 Å². The van der Waals surface area contributed by atoms with Crippen molar-refractivity contribution in [1.29, 1.82) is 0 Å². The number of aliphatic hydroxyl groups excluding tert-OH is 1. The Morgan fingerprint density at radius 2 is 1.80 bits per heavy atom. The van der Waals surface area contributed by atoms with E-state index in [4.69, 9.17) is 0 Å². The van der Waals surface area contributed by atoms with Crippen molar-refractivity contribution in [3.8, 4) is 0 Å². The third-order valence-electron chi connectivity index (χ3n) is 5.21. The number of aryl methyl sites for hydroxylation is 1. The monoisotopic (exact) mass is 273 g/mol. The second-order valence-electron chi connectivity index (χ2n) is 6.64. The predicted octanol–water partition coefficient (Wildman–Crippen LogP) is 3.48. The molecule has 0 radical (unpaired) electrons. The highest BCUT2D eigenvalue weighted by Crippen LogP contribution is 2.32. The third kappa shape index (κ3) is 3.07. The number of hydrogen-bond acceptors (Lipinski definition) is 2. The van der Waals surface area contributed by atoms with Crippen LogP contribution < -0.4 is 0 Å². The van der Waals surface area contributed by atoms with Crippen LogP contribution in [0.15, 0.2) is 24.3 Å². The van der Waals surface area contributed by atoms with Crippen LogP contribution in [0.3, 0.4) is 0 Å². The van der Waals surface area contributed by atoms with Crippen molar-refractivity contribution < 1.29 is 5.11 Å². The number of aliphatic hydroxyl groups is 1. The maximum Gasteiger partial charge on any atom is 0.0695 e. The Labute approximate surface area is 122 Å². The molecular weight excluding hydrogens is 246 g/mol. The fourth-order valence-electron chi connectivity index (χ4n) is 4.01. The van der Waals surface area contributed by atoms with Gasteiger partial charge in [0.1, 0.15) is 0 Å². The van der Waals surface area contributed by atoms with Crippen molar-refractivity contribution in [1.82, 2.24) is 4.90 Å². The minimum atomic E-state index is -0.0840. The second-order valence-corrected chi connectivity index (χ2v) is 6.64. The zero-order valence-electron chi connectivity index (χ0n) is 12.6. The minimum absolute atomic E-state index is 0.0840. The Morgan fingerprint density at radius 1 is 1.05 bits per heavy atom. The molecule has 3 rings (SSSR count). The molecule has 1 N–H and O–H groups in total. The van der Waals surface area contributed by atoms with E-state index >= 15 is 0 Å². The first kappa shape index (κ1) is 14.1. The van der Waals surface area contributed by atoms with E-state index < -0.39 is 0 Å². The molecule has 0 aromatic heterocycles. The Morgan fingerprint density at radius 3 is 2.50 bits per heavy atom. The Bertz CT molecular complexity index is 437. The van der Waals surface area contributed by atoms with Crippen LogP contribution in [0, 0.1) is 6.92 Å². The van der Waals surface area contributed by atoms with Gasteiger partial charge >= 0.3 is 0 Å². The quantitative estimate of drug-likeness (QED) is 0.892. The standard InChI is InChI=1S/C18H27NO/c1-14-5-4-6-16(13-14)15-9-11-19(12-10-15)17-7-2-3-8-18(17)20/h4-6,13,15,17-18,20H,2-3,7-12H2,1H3/t17-,18-/m0/s1. The largest absolute Gasteiger partial charge is 0.391 e. The molecule has 1 aromatic rings. The van der Waals surface area contributed by atoms with E-state index in [1.54, 1.807) is 0 Å².